The van der Waals surface area contributed by atoms with Crippen molar-refractivity contribution in [2.75, 3.05) is 33.2 Å². The molecule has 136 valence electrons. The van der Waals surface area contributed by atoms with E-state index in [-0.39, 0.29) is 11.7 Å². The number of nitrogens with zero attached hydrogens (tertiary/aromatic N) is 2. The second-order valence-corrected chi connectivity index (χ2v) is 6.99. The van der Waals surface area contributed by atoms with Gasteiger partial charge in [-0.05, 0) is 48.9 Å². The van der Waals surface area contributed by atoms with Gasteiger partial charge in [-0.1, -0.05) is 12.8 Å². The predicted molar refractivity (Wildman–Crippen MR) is 98.8 cm³/mol. The molecule has 0 spiro atoms. The standard InChI is InChI=1S/C19H28N4O2/c1-20-19(23-12-15-4-2-3-5-16(15)13-23)22-11-10-21-18(25)14-6-8-17(24)9-7-14/h6-9,15-16,24H,2-5,10-13H2,1H3,(H,20,22)(H,21,25). The Morgan fingerprint density at radius 2 is 1.72 bits per heavy atom. The Bertz CT molecular complexity index is 600. The molecule has 1 saturated carbocycles. The van der Waals surface area contributed by atoms with Gasteiger partial charge in [-0.15, -0.1) is 0 Å². The number of aliphatic imine (C=N–C) groups is 1. The van der Waals surface area contributed by atoms with Crippen LogP contribution >= 0.6 is 0 Å². The lowest BCUT2D eigenvalue weighted by Crippen LogP contribution is -2.43. The number of guanidine groups is 1. The van der Waals surface area contributed by atoms with Gasteiger partial charge in [0.25, 0.3) is 5.91 Å². The fourth-order valence-corrected chi connectivity index (χ4v) is 3.98. The Hall–Kier alpha value is -2.24. The smallest absolute Gasteiger partial charge is 0.251 e. The number of benzene rings is 1. The summed E-state index contributed by atoms with van der Waals surface area (Å²) in [6, 6.07) is 6.26. The molecule has 2 unspecified atom stereocenters. The number of phenols is 1. The van der Waals surface area contributed by atoms with E-state index < -0.39 is 0 Å². The Labute approximate surface area is 149 Å². The van der Waals surface area contributed by atoms with Crippen molar-refractivity contribution in [3.8, 4) is 5.75 Å². The van der Waals surface area contributed by atoms with Crippen LogP contribution in [0.15, 0.2) is 29.3 Å². The number of carbonyl (C=O) groups is 1. The Morgan fingerprint density at radius 1 is 1.12 bits per heavy atom. The third kappa shape index (κ3) is 4.44. The summed E-state index contributed by atoms with van der Waals surface area (Å²) in [7, 11) is 1.82. The highest BCUT2D eigenvalue weighted by atomic mass is 16.3. The number of fused-ring (bicyclic) bond motifs is 1. The van der Waals surface area contributed by atoms with Gasteiger partial charge in [0.1, 0.15) is 5.75 Å². The van der Waals surface area contributed by atoms with Crippen molar-refractivity contribution in [1.82, 2.24) is 15.5 Å². The molecule has 3 rings (SSSR count). The molecule has 6 nitrogen and oxygen atoms in total. The molecule has 0 aromatic heterocycles. The van der Waals surface area contributed by atoms with E-state index in [2.05, 4.69) is 20.5 Å². The second kappa shape index (κ2) is 8.23. The lowest BCUT2D eigenvalue weighted by atomic mass is 9.82. The molecule has 1 aliphatic heterocycles. The average molecular weight is 344 g/mol. The zero-order valence-corrected chi connectivity index (χ0v) is 14.9. The minimum atomic E-state index is -0.135. The monoisotopic (exact) mass is 344 g/mol. The van der Waals surface area contributed by atoms with Gasteiger partial charge in [-0.2, -0.15) is 0 Å². The molecular weight excluding hydrogens is 316 g/mol. The number of carbonyl (C=O) groups excluding carboxylic acids is 1. The largest absolute Gasteiger partial charge is 0.508 e. The van der Waals surface area contributed by atoms with Gasteiger partial charge in [0.2, 0.25) is 0 Å². The molecule has 1 aromatic rings. The van der Waals surface area contributed by atoms with Crippen molar-refractivity contribution in [3.63, 3.8) is 0 Å². The van der Waals surface area contributed by atoms with Gasteiger partial charge in [-0.3, -0.25) is 9.79 Å². The van der Waals surface area contributed by atoms with Gasteiger partial charge in [0.05, 0.1) is 0 Å². The maximum atomic E-state index is 12.0. The van der Waals surface area contributed by atoms with Crippen LogP contribution in [0.4, 0.5) is 0 Å². The first-order chi connectivity index (χ1) is 12.2. The number of aromatic hydroxyl groups is 1. The molecule has 1 aliphatic carbocycles. The molecule has 25 heavy (non-hydrogen) atoms. The third-order valence-electron chi connectivity index (χ3n) is 5.31. The molecule has 0 radical (unpaired) electrons. The highest BCUT2D eigenvalue weighted by Crippen LogP contribution is 2.35. The van der Waals surface area contributed by atoms with E-state index in [0.29, 0.717) is 18.7 Å². The van der Waals surface area contributed by atoms with Crippen molar-refractivity contribution < 1.29 is 9.90 Å². The third-order valence-corrected chi connectivity index (χ3v) is 5.31. The van der Waals surface area contributed by atoms with E-state index >= 15 is 0 Å². The van der Waals surface area contributed by atoms with E-state index in [0.717, 1.165) is 30.9 Å². The lowest BCUT2D eigenvalue weighted by molar-refractivity contribution is 0.0954. The highest BCUT2D eigenvalue weighted by molar-refractivity contribution is 5.94. The van der Waals surface area contributed by atoms with Crippen molar-refractivity contribution in [3.05, 3.63) is 29.8 Å². The minimum Gasteiger partial charge on any atom is -0.508 e. The fourth-order valence-electron chi connectivity index (χ4n) is 3.98. The molecule has 6 heteroatoms. The van der Waals surface area contributed by atoms with E-state index in [1.807, 2.05) is 7.05 Å². The average Bonchev–Trinajstić information content (AvgIpc) is 3.06. The first kappa shape index (κ1) is 17.6. The normalized spacial score (nSPS) is 23.2. The zero-order valence-electron chi connectivity index (χ0n) is 14.9. The summed E-state index contributed by atoms with van der Waals surface area (Å²) >= 11 is 0. The van der Waals surface area contributed by atoms with E-state index in [9.17, 15) is 9.90 Å². The molecule has 1 aromatic carbocycles. The Kier molecular flexibility index (Phi) is 5.79. The second-order valence-electron chi connectivity index (χ2n) is 6.99. The van der Waals surface area contributed by atoms with Crippen molar-refractivity contribution >= 4 is 11.9 Å². The van der Waals surface area contributed by atoms with E-state index in [1.165, 1.54) is 37.8 Å². The van der Waals surface area contributed by atoms with Crippen LogP contribution in [0.2, 0.25) is 0 Å². The van der Waals surface area contributed by atoms with Gasteiger partial charge in [0, 0.05) is 38.8 Å². The van der Waals surface area contributed by atoms with Crippen LogP contribution in [0.1, 0.15) is 36.0 Å². The van der Waals surface area contributed by atoms with E-state index in [4.69, 9.17) is 0 Å². The molecular formula is C19H28N4O2. The number of hydrogen-bond donors (Lipinski definition) is 3. The molecule has 1 saturated heterocycles. The van der Waals surface area contributed by atoms with Crippen LogP contribution in [0.25, 0.3) is 0 Å². The van der Waals surface area contributed by atoms with Crippen LogP contribution in [0.5, 0.6) is 5.75 Å². The van der Waals surface area contributed by atoms with Crippen LogP contribution in [-0.2, 0) is 0 Å². The lowest BCUT2D eigenvalue weighted by Gasteiger charge is -2.22. The van der Waals surface area contributed by atoms with Gasteiger partial charge in [0.15, 0.2) is 5.96 Å². The van der Waals surface area contributed by atoms with Crippen molar-refractivity contribution in [2.45, 2.75) is 25.7 Å². The number of rotatable bonds is 4. The predicted octanol–water partition coefficient (Wildman–Crippen LogP) is 1.82. The summed E-state index contributed by atoms with van der Waals surface area (Å²) in [5.41, 5.74) is 0.547. The quantitative estimate of drug-likeness (QED) is 0.442. The Morgan fingerprint density at radius 3 is 2.32 bits per heavy atom. The summed E-state index contributed by atoms with van der Waals surface area (Å²) in [6.07, 6.45) is 5.43. The summed E-state index contributed by atoms with van der Waals surface area (Å²) in [5.74, 6) is 2.61. The molecule has 0 bridgehead atoms. The number of likely N-dealkylation sites (tertiary alicyclic amines) is 1. The van der Waals surface area contributed by atoms with Crippen LogP contribution in [-0.4, -0.2) is 55.1 Å². The molecule has 1 heterocycles. The summed E-state index contributed by atoms with van der Waals surface area (Å²) in [4.78, 5) is 18.8. The number of nitrogens with one attached hydrogen (secondary N) is 2. The van der Waals surface area contributed by atoms with Crippen LogP contribution in [0, 0.1) is 11.8 Å². The zero-order chi connectivity index (χ0) is 17.6. The maximum absolute atomic E-state index is 12.0. The van der Waals surface area contributed by atoms with Crippen LogP contribution in [0.3, 0.4) is 0 Å². The SMILES string of the molecule is CN=C(NCCNC(=O)c1ccc(O)cc1)N1CC2CCCCC2C1. The highest BCUT2D eigenvalue weighted by Gasteiger charge is 2.35. The molecule has 2 atom stereocenters. The number of phenolic OH excluding ortho intramolecular Hbond substituents is 1. The summed E-state index contributed by atoms with van der Waals surface area (Å²) in [6.45, 7) is 3.37. The first-order valence-electron chi connectivity index (χ1n) is 9.20. The summed E-state index contributed by atoms with van der Waals surface area (Å²) in [5, 5.41) is 15.5. The topological polar surface area (TPSA) is 77.0 Å². The summed E-state index contributed by atoms with van der Waals surface area (Å²) < 4.78 is 0. The van der Waals surface area contributed by atoms with Gasteiger partial charge in [-0.25, -0.2) is 0 Å². The van der Waals surface area contributed by atoms with Gasteiger partial charge >= 0.3 is 0 Å². The first-order valence-corrected chi connectivity index (χ1v) is 9.20. The fraction of sp³-hybridized carbons (Fsp3) is 0.579. The number of amides is 1. The number of hydrogen-bond acceptors (Lipinski definition) is 3. The molecule has 1 amide bonds. The van der Waals surface area contributed by atoms with Crippen molar-refractivity contribution in [1.29, 1.82) is 0 Å². The van der Waals surface area contributed by atoms with Crippen LogP contribution < -0.4 is 10.6 Å². The minimum absolute atomic E-state index is 0.135. The maximum Gasteiger partial charge on any atom is 0.251 e. The van der Waals surface area contributed by atoms with Gasteiger partial charge < -0.3 is 20.6 Å². The molecule has 2 aliphatic rings. The van der Waals surface area contributed by atoms with E-state index in [1.54, 1.807) is 12.1 Å². The van der Waals surface area contributed by atoms with Crippen molar-refractivity contribution in [2.24, 2.45) is 16.8 Å². The Balaban J connectivity index is 1.41. The molecule has 2 fully saturated rings. The molecule has 3 N–H and O–H groups in total.